The topological polar surface area (TPSA) is 107 Å². The molecule has 7 rings (SSSR count). The second-order valence-corrected chi connectivity index (χ2v) is 11.7. The number of nitrogens with zero attached hydrogens (tertiary/aromatic N) is 5. The molecule has 3 aliphatic carbocycles. The highest BCUT2D eigenvalue weighted by molar-refractivity contribution is 5.68. The van der Waals surface area contributed by atoms with Crippen molar-refractivity contribution in [3.8, 4) is 17.1 Å². The summed E-state index contributed by atoms with van der Waals surface area (Å²) in [5, 5.41) is 21.0. The lowest BCUT2D eigenvalue weighted by atomic mass is 10.0. The fraction of sp³-hybridized carbons (Fsp3) is 0.438. The second-order valence-electron chi connectivity index (χ2n) is 11.7. The van der Waals surface area contributed by atoms with Crippen molar-refractivity contribution in [2.45, 2.75) is 76.7 Å². The molecule has 0 radical (unpaired) electrons. The summed E-state index contributed by atoms with van der Waals surface area (Å²) in [5.74, 6) is 2.23. The summed E-state index contributed by atoms with van der Waals surface area (Å²) in [6.45, 7) is 1.19. The molecule has 1 atom stereocenters. The van der Waals surface area contributed by atoms with E-state index in [1.807, 2.05) is 0 Å². The number of hydrogen-bond donors (Lipinski definition) is 3. The van der Waals surface area contributed by atoms with Crippen LogP contribution < -0.4 is 16.4 Å². The fourth-order valence-electron chi connectivity index (χ4n) is 6.79. The molecule has 0 bridgehead atoms. The van der Waals surface area contributed by atoms with Crippen LogP contribution in [0.2, 0.25) is 0 Å². The van der Waals surface area contributed by atoms with E-state index < -0.39 is 0 Å². The normalized spacial score (nSPS) is 18.9. The van der Waals surface area contributed by atoms with Crippen LogP contribution in [0, 0.1) is 5.92 Å². The summed E-state index contributed by atoms with van der Waals surface area (Å²) in [6, 6.07) is 17.8. The molecule has 0 aliphatic heterocycles. The predicted octanol–water partition coefficient (Wildman–Crippen LogP) is 5.57. The Balaban J connectivity index is 1.05. The van der Waals surface area contributed by atoms with E-state index >= 15 is 0 Å². The standard InChI is InChI=1S/C32H38N8/c33-31-36-32(39-40(31)29-19-25-10-5-9-23-8-3-4-11-28(23)30(25)38-37-29)35-27-17-13-22-12-15-26(16-14-24(22)18-27)34-20-21-6-1-2-7-21/h3-4,8,11,13,17-19,21,26,34H,1-2,5-7,9-10,12,14-16,20H2,(H3,33,35,36,39)/t26-/m0/s1. The molecule has 8 nitrogen and oxygen atoms in total. The monoisotopic (exact) mass is 534 g/mol. The minimum atomic E-state index is 0.289. The number of nitrogens with one attached hydrogen (secondary N) is 2. The van der Waals surface area contributed by atoms with E-state index in [-0.39, 0.29) is 5.95 Å². The smallest absolute Gasteiger partial charge is 0.248 e. The van der Waals surface area contributed by atoms with E-state index in [0.29, 0.717) is 17.8 Å². The van der Waals surface area contributed by atoms with E-state index in [4.69, 9.17) is 5.73 Å². The molecule has 1 saturated carbocycles. The zero-order valence-electron chi connectivity index (χ0n) is 23.1. The largest absolute Gasteiger partial charge is 0.368 e. The van der Waals surface area contributed by atoms with E-state index in [9.17, 15) is 0 Å². The van der Waals surface area contributed by atoms with Gasteiger partial charge in [0, 0.05) is 17.3 Å². The van der Waals surface area contributed by atoms with Crippen molar-refractivity contribution in [2.75, 3.05) is 17.6 Å². The van der Waals surface area contributed by atoms with Crippen molar-refractivity contribution in [3.05, 3.63) is 70.8 Å². The minimum Gasteiger partial charge on any atom is -0.368 e. The maximum atomic E-state index is 6.31. The molecular formula is C32H38N8. The Morgan fingerprint density at radius 2 is 1.62 bits per heavy atom. The second kappa shape index (κ2) is 11.0. The van der Waals surface area contributed by atoms with Gasteiger partial charge in [0.15, 0.2) is 5.82 Å². The van der Waals surface area contributed by atoms with Crippen LogP contribution in [0.4, 0.5) is 17.6 Å². The molecule has 2 heterocycles. The molecule has 4 aromatic rings. The molecule has 0 spiro atoms. The average Bonchev–Trinajstić information content (AvgIpc) is 3.52. The van der Waals surface area contributed by atoms with Gasteiger partial charge in [-0.05, 0) is 111 Å². The highest BCUT2D eigenvalue weighted by Crippen LogP contribution is 2.32. The summed E-state index contributed by atoms with van der Waals surface area (Å²) in [7, 11) is 0. The third-order valence-electron chi connectivity index (χ3n) is 9.03. The third-order valence-corrected chi connectivity index (χ3v) is 9.03. The van der Waals surface area contributed by atoms with Crippen molar-refractivity contribution in [3.63, 3.8) is 0 Å². The number of anilines is 3. The number of aryl methyl sites for hydroxylation is 4. The summed E-state index contributed by atoms with van der Waals surface area (Å²) in [6.07, 6.45) is 13.3. The molecule has 2 aromatic carbocycles. The lowest BCUT2D eigenvalue weighted by Crippen LogP contribution is -2.33. The van der Waals surface area contributed by atoms with Gasteiger partial charge in [-0.25, -0.2) is 0 Å². The quantitative estimate of drug-likeness (QED) is 0.278. The zero-order valence-corrected chi connectivity index (χ0v) is 23.1. The Morgan fingerprint density at radius 1 is 0.800 bits per heavy atom. The Bertz CT molecular complexity index is 1500. The number of nitrogens with two attached hydrogens (primary N) is 1. The van der Waals surface area contributed by atoms with Gasteiger partial charge < -0.3 is 16.4 Å². The van der Waals surface area contributed by atoms with Crippen LogP contribution in [0.5, 0.6) is 0 Å². The van der Waals surface area contributed by atoms with Crippen molar-refractivity contribution < 1.29 is 0 Å². The molecule has 1 fully saturated rings. The average molecular weight is 535 g/mol. The molecule has 0 amide bonds. The number of rotatable bonds is 6. The lowest BCUT2D eigenvalue weighted by Gasteiger charge is -2.19. The molecule has 8 heteroatoms. The first-order valence-electron chi connectivity index (χ1n) is 15.0. The zero-order chi connectivity index (χ0) is 26.9. The van der Waals surface area contributed by atoms with Crippen molar-refractivity contribution in [1.29, 1.82) is 0 Å². The van der Waals surface area contributed by atoms with Gasteiger partial charge in [0.25, 0.3) is 0 Å². The van der Waals surface area contributed by atoms with Crippen molar-refractivity contribution in [2.24, 2.45) is 5.92 Å². The summed E-state index contributed by atoms with van der Waals surface area (Å²) >= 11 is 0. The summed E-state index contributed by atoms with van der Waals surface area (Å²) < 4.78 is 1.58. The molecule has 4 N–H and O–H groups in total. The van der Waals surface area contributed by atoms with E-state index in [0.717, 1.165) is 49.4 Å². The maximum absolute atomic E-state index is 6.31. The van der Waals surface area contributed by atoms with Gasteiger partial charge in [-0.15, -0.1) is 15.3 Å². The van der Waals surface area contributed by atoms with Gasteiger partial charge in [-0.2, -0.15) is 9.67 Å². The van der Waals surface area contributed by atoms with Crippen LogP contribution in [0.25, 0.3) is 17.1 Å². The molecule has 206 valence electrons. The minimum absolute atomic E-state index is 0.289. The number of aromatic nitrogens is 5. The third kappa shape index (κ3) is 5.20. The Morgan fingerprint density at radius 3 is 2.52 bits per heavy atom. The van der Waals surface area contributed by atoms with Gasteiger partial charge in [0.2, 0.25) is 11.9 Å². The van der Waals surface area contributed by atoms with Crippen LogP contribution in [-0.2, 0) is 25.7 Å². The van der Waals surface area contributed by atoms with Crippen molar-refractivity contribution in [1.82, 2.24) is 30.3 Å². The molecule has 40 heavy (non-hydrogen) atoms. The van der Waals surface area contributed by atoms with Crippen molar-refractivity contribution >= 4 is 17.6 Å². The highest BCUT2D eigenvalue weighted by atomic mass is 15.4. The first-order chi connectivity index (χ1) is 19.7. The fourth-order valence-corrected chi connectivity index (χ4v) is 6.79. The molecule has 0 saturated heterocycles. The van der Waals surface area contributed by atoms with Crippen LogP contribution in [0.1, 0.15) is 67.2 Å². The van der Waals surface area contributed by atoms with Gasteiger partial charge in [0.05, 0.1) is 5.69 Å². The van der Waals surface area contributed by atoms with Gasteiger partial charge in [0.1, 0.15) is 0 Å². The first kappa shape index (κ1) is 25.2. The maximum Gasteiger partial charge on any atom is 0.248 e. The molecular weight excluding hydrogens is 496 g/mol. The molecule has 2 aromatic heterocycles. The summed E-state index contributed by atoms with van der Waals surface area (Å²) in [5.41, 5.74) is 14.8. The molecule has 0 unspecified atom stereocenters. The van der Waals surface area contributed by atoms with Crippen LogP contribution in [0.3, 0.4) is 0 Å². The predicted molar refractivity (Wildman–Crippen MR) is 159 cm³/mol. The van der Waals surface area contributed by atoms with E-state index in [1.165, 1.54) is 72.9 Å². The highest BCUT2D eigenvalue weighted by Gasteiger charge is 2.21. The number of hydrogen-bond acceptors (Lipinski definition) is 7. The Labute approximate surface area is 235 Å². The summed E-state index contributed by atoms with van der Waals surface area (Å²) in [4.78, 5) is 4.49. The number of nitrogen functional groups attached to an aromatic ring is 1. The first-order valence-corrected chi connectivity index (χ1v) is 15.0. The van der Waals surface area contributed by atoms with Gasteiger partial charge in [-0.1, -0.05) is 43.2 Å². The SMILES string of the molecule is Nc1nc(Nc2ccc3c(c2)CC[C@@H](NCC2CCCC2)CC3)nn1-c1cc2c(nn1)-c1ccccc1CCC2. The van der Waals surface area contributed by atoms with Crippen LogP contribution in [-0.4, -0.2) is 37.5 Å². The molecule has 3 aliphatic rings. The van der Waals surface area contributed by atoms with E-state index in [2.05, 4.69) is 79.4 Å². The Kier molecular flexibility index (Phi) is 6.93. The van der Waals surface area contributed by atoms with Crippen LogP contribution >= 0.6 is 0 Å². The van der Waals surface area contributed by atoms with Crippen LogP contribution in [0.15, 0.2) is 48.5 Å². The van der Waals surface area contributed by atoms with E-state index in [1.54, 1.807) is 4.68 Å². The van der Waals surface area contributed by atoms with Gasteiger partial charge in [-0.3, -0.25) is 0 Å². The van der Waals surface area contributed by atoms with Gasteiger partial charge >= 0.3 is 0 Å². The Hall–Kier alpha value is -3.78. The number of fused-ring (bicyclic) bond motifs is 4. The number of benzene rings is 2. The lowest BCUT2D eigenvalue weighted by molar-refractivity contribution is 0.404.